The van der Waals surface area contributed by atoms with Crippen LogP contribution in [0.25, 0.3) is 10.1 Å². The van der Waals surface area contributed by atoms with Crippen LogP contribution in [0.3, 0.4) is 0 Å². The maximum absolute atomic E-state index is 12.5. The fourth-order valence-electron chi connectivity index (χ4n) is 3.53. The second-order valence-corrected chi connectivity index (χ2v) is 7.67. The molecule has 5 heteroatoms. The molecule has 0 saturated heterocycles. The SMILES string of the molecule is O=C(NCC(O)CN1CCc2ccccc2C1)c1csc2ccccc12. The lowest BCUT2D eigenvalue weighted by Gasteiger charge is -2.30. The third kappa shape index (κ3) is 3.65. The highest BCUT2D eigenvalue weighted by Crippen LogP contribution is 2.25. The first-order valence-corrected chi connectivity index (χ1v) is 9.80. The van der Waals surface area contributed by atoms with Gasteiger partial charge in [0.25, 0.3) is 5.91 Å². The number of amides is 1. The smallest absolute Gasteiger partial charge is 0.252 e. The molecule has 4 rings (SSSR count). The predicted molar refractivity (Wildman–Crippen MR) is 106 cm³/mol. The summed E-state index contributed by atoms with van der Waals surface area (Å²) in [7, 11) is 0. The van der Waals surface area contributed by atoms with Crippen molar-refractivity contribution in [2.24, 2.45) is 0 Å². The molecule has 1 aromatic heterocycles. The van der Waals surface area contributed by atoms with Crippen LogP contribution in [0.1, 0.15) is 21.5 Å². The standard InChI is InChI=1S/C21H22N2O2S/c24-17(13-23-10-9-15-5-1-2-6-16(15)12-23)11-22-21(25)19-14-26-20-8-4-3-7-18(19)20/h1-8,14,17,24H,9-13H2,(H,22,25). The van der Waals surface area contributed by atoms with E-state index in [1.807, 2.05) is 29.6 Å². The number of aliphatic hydroxyl groups excluding tert-OH is 1. The van der Waals surface area contributed by atoms with Gasteiger partial charge in [-0.2, -0.15) is 0 Å². The first-order valence-electron chi connectivity index (χ1n) is 8.92. The van der Waals surface area contributed by atoms with Crippen LogP contribution in [0.5, 0.6) is 0 Å². The second kappa shape index (κ2) is 7.58. The van der Waals surface area contributed by atoms with Gasteiger partial charge in [0.1, 0.15) is 0 Å². The molecule has 134 valence electrons. The zero-order chi connectivity index (χ0) is 17.9. The number of nitrogens with zero attached hydrogens (tertiary/aromatic N) is 1. The Labute approximate surface area is 157 Å². The molecule has 1 atom stereocenters. The third-order valence-corrected chi connectivity index (χ3v) is 5.87. The Hall–Kier alpha value is -2.21. The number of hydrogen-bond acceptors (Lipinski definition) is 4. The molecule has 0 fully saturated rings. The summed E-state index contributed by atoms with van der Waals surface area (Å²) in [6, 6.07) is 16.3. The molecule has 26 heavy (non-hydrogen) atoms. The van der Waals surface area contributed by atoms with E-state index in [0.717, 1.165) is 29.6 Å². The van der Waals surface area contributed by atoms with Gasteiger partial charge in [-0.25, -0.2) is 0 Å². The van der Waals surface area contributed by atoms with Crippen molar-refractivity contribution in [3.05, 3.63) is 70.6 Å². The van der Waals surface area contributed by atoms with Gasteiger partial charge >= 0.3 is 0 Å². The Bertz CT molecular complexity index is 921. The van der Waals surface area contributed by atoms with Gasteiger partial charge in [-0.15, -0.1) is 11.3 Å². The van der Waals surface area contributed by atoms with Gasteiger partial charge in [-0.05, 0) is 23.6 Å². The van der Waals surface area contributed by atoms with Crippen LogP contribution in [-0.4, -0.2) is 41.7 Å². The summed E-state index contributed by atoms with van der Waals surface area (Å²) in [6.45, 7) is 2.63. The third-order valence-electron chi connectivity index (χ3n) is 4.90. The van der Waals surface area contributed by atoms with Gasteiger partial charge in [0.15, 0.2) is 0 Å². The number of nitrogens with one attached hydrogen (secondary N) is 1. The first kappa shape index (κ1) is 17.2. The van der Waals surface area contributed by atoms with Crippen molar-refractivity contribution in [3.8, 4) is 0 Å². The molecular formula is C21H22N2O2S. The monoisotopic (exact) mass is 366 g/mol. The number of rotatable bonds is 5. The van der Waals surface area contributed by atoms with E-state index < -0.39 is 6.10 Å². The molecule has 2 heterocycles. The lowest BCUT2D eigenvalue weighted by Crippen LogP contribution is -2.42. The van der Waals surface area contributed by atoms with Crippen LogP contribution < -0.4 is 5.32 Å². The van der Waals surface area contributed by atoms with Gasteiger partial charge in [0, 0.05) is 41.6 Å². The molecular weight excluding hydrogens is 344 g/mol. The van der Waals surface area contributed by atoms with Gasteiger partial charge in [0.2, 0.25) is 0 Å². The van der Waals surface area contributed by atoms with Crippen molar-refractivity contribution in [1.82, 2.24) is 10.2 Å². The van der Waals surface area contributed by atoms with E-state index in [-0.39, 0.29) is 12.5 Å². The van der Waals surface area contributed by atoms with Crippen molar-refractivity contribution in [2.75, 3.05) is 19.6 Å². The summed E-state index contributed by atoms with van der Waals surface area (Å²) < 4.78 is 1.10. The number of fused-ring (bicyclic) bond motifs is 2. The Kier molecular flexibility index (Phi) is 5.02. The lowest BCUT2D eigenvalue weighted by atomic mass is 10.00. The normalized spacial score (nSPS) is 15.6. The molecule has 0 radical (unpaired) electrons. The zero-order valence-electron chi connectivity index (χ0n) is 14.5. The molecule has 4 nitrogen and oxygen atoms in total. The topological polar surface area (TPSA) is 52.6 Å². The summed E-state index contributed by atoms with van der Waals surface area (Å²) in [5.41, 5.74) is 3.42. The molecule has 1 aliphatic heterocycles. The number of carbonyl (C=O) groups is 1. The molecule has 0 spiro atoms. The molecule has 0 bridgehead atoms. The van der Waals surface area contributed by atoms with Crippen molar-refractivity contribution in [1.29, 1.82) is 0 Å². The fraction of sp³-hybridized carbons (Fsp3) is 0.286. The number of thiophene rings is 1. The summed E-state index contributed by atoms with van der Waals surface area (Å²) in [5, 5.41) is 16.1. The first-order chi connectivity index (χ1) is 12.7. The molecule has 3 aromatic rings. The van der Waals surface area contributed by atoms with Crippen LogP contribution in [0, 0.1) is 0 Å². The van der Waals surface area contributed by atoms with Crippen molar-refractivity contribution < 1.29 is 9.90 Å². The van der Waals surface area contributed by atoms with Crippen molar-refractivity contribution in [3.63, 3.8) is 0 Å². The van der Waals surface area contributed by atoms with Crippen LogP contribution in [0.4, 0.5) is 0 Å². The van der Waals surface area contributed by atoms with Gasteiger partial charge in [0.05, 0.1) is 11.7 Å². The average Bonchev–Trinajstić information content (AvgIpc) is 3.10. The van der Waals surface area contributed by atoms with Crippen LogP contribution in [0.2, 0.25) is 0 Å². The quantitative estimate of drug-likeness (QED) is 0.730. The molecule has 1 unspecified atom stereocenters. The highest BCUT2D eigenvalue weighted by molar-refractivity contribution is 7.17. The summed E-state index contributed by atoms with van der Waals surface area (Å²) in [5.74, 6) is -0.120. The molecule has 0 aliphatic carbocycles. The zero-order valence-corrected chi connectivity index (χ0v) is 15.3. The molecule has 0 saturated carbocycles. The minimum atomic E-state index is -0.575. The predicted octanol–water partition coefficient (Wildman–Crippen LogP) is 3.05. The Morgan fingerprint density at radius 3 is 2.81 bits per heavy atom. The van der Waals surface area contributed by atoms with E-state index in [4.69, 9.17) is 0 Å². The highest BCUT2D eigenvalue weighted by atomic mass is 32.1. The van der Waals surface area contributed by atoms with Gasteiger partial charge < -0.3 is 10.4 Å². The number of β-amino-alcohol motifs (C(OH)–C–C–N with tert-alkyl or cyclic N) is 1. The number of hydrogen-bond donors (Lipinski definition) is 2. The molecule has 1 aliphatic rings. The Morgan fingerprint density at radius 2 is 1.92 bits per heavy atom. The Morgan fingerprint density at radius 1 is 1.15 bits per heavy atom. The number of benzene rings is 2. The van der Waals surface area contributed by atoms with Gasteiger partial charge in [-0.3, -0.25) is 9.69 Å². The highest BCUT2D eigenvalue weighted by Gasteiger charge is 2.19. The summed E-state index contributed by atoms with van der Waals surface area (Å²) >= 11 is 1.57. The van der Waals surface area contributed by atoms with E-state index in [1.165, 1.54) is 11.1 Å². The lowest BCUT2D eigenvalue weighted by molar-refractivity contribution is 0.0843. The minimum Gasteiger partial charge on any atom is -0.390 e. The Balaban J connectivity index is 1.31. The van der Waals surface area contributed by atoms with E-state index in [0.29, 0.717) is 12.1 Å². The number of aliphatic hydroxyl groups is 1. The van der Waals surface area contributed by atoms with Gasteiger partial charge in [-0.1, -0.05) is 42.5 Å². The van der Waals surface area contributed by atoms with Crippen molar-refractivity contribution in [2.45, 2.75) is 19.1 Å². The van der Waals surface area contributed by atoms with Crippen LogP contribution in [0.15, 0.2) is 53.9 Å². The largest absolute Gasteiger partial charge is 0.390 e. The van der Waals surface area contributed by atoms with Crippen LogP contribution in [-0.2, 0) is 13.0 Å². The summed E-state index contributed by atoms with van der Waals surface area (Å²) in [4.78, 5) is 14.7. The number of carbonyl (C=O) groups excluding carboxylic acids is 1. The fourth-order valence-corrected chi connectivity index (χ4v) is 4.47. The van der Waals surface area contributed by atoms with E-state index >= 15 is 0 Å². The van der Waals surface area contributed by atoms with E-state index in [9.17, 15) is 9.90 Å². The average molecular weight is 366 g/mol. The summed E-state index contributed by atoms with van der Waals surface area (Å²) in [6.07, 6.45) is 0.435. The van der Waals surface area contributed by atoms with Crippen LogP contribution >= 0.6 is 11.3 Å². The molecule has 1 amide bonds. The maximum atomic E-state index is 12.5. The molecule has 2 N–H and O–H groups in total. The van der Waals surface area contributed by atoms with E-state index in [2.05, 4.69) is 34.5 Å². The van der Waals surface area contributed by atoms with E-state index in [1.54, 1.807) is 11.3 Å². The maximum Gasteiger partial charge on any atom is 0.252 e. The minimum absolute atomic E-state index is 0.120. The second-order valence-electron chi connectivity index (χ2n) is 6.76. The molecule has 2 aromatic carbocycles. The van der Waals surface area contributed by atoms with Crippen molar-refractivity contribution >= 4 is 27.3 Å².